The minimum absolute atomic E-state index is 0.0190. The minimum atomic E-state index is -0.0190. The third-order valence-corrected chi connectivity index (χ3v) is 7.25. The van der Waals surface area contributed by atoms with Gasteiger partial charge in [-0.05, 0) is 55.1 Å². The first kappa shape index (κ1) is 19.4. The molecule has 0 spiro atoms. The summed E-state index contributed by atoms with van der Waals surface area (Å²) in [5.74, 6) is -0.0190. The SMILES string of the molecule is C=CCN1C(=O)C(=C2Sc3ccccc3N2CC)SC1=Nc1ccc(Br)cc1. The average molecular weight is 472 g/mol. The zero-order valence-corrected chi connectivity index (χ0v) is 18.5. The summed E-state index contributed by atoms with van der Waals surface area (Å²) in [5.41, 5.74) is 1.97. The molecule has 0 unspecified atom stereocenters. The number of aliphatic imine (C=N–C) groups is 1. The van der Waals surface area contributed by atoms with Gasteiger partial charge in [0.05, 0.1) is 11.4 Å². The Kier molecular flexibility index (Phi) is 5.66. The highest BCUT2D eigenvalue weighted by molar-refractivity contribution is 9.10. The second-order valence-corrected chi connectivity index (χ2v) is 9.05. The van der Waals surface area contributed by atoms with Crippen LogP contribution in [-0.2, 0) is 4.79 Å². The molecular formula is C21H18BrN3OS2. The molecule has 1 fully saturated rings. The number of thioether (sulfide) groups is 2. The van der Waals surface area contributed by atoms with E-state index in [0.717, 1.165) is 32.3 Å². The van der Waals surface area contributed by atoms with Crippen LogP contribution < -0.4 is 4.90 Å². The minimum Gasteiger partial charge on any atom is -0.334 e. The van der Waals surface area contributed by atoms with Crippen molar-refractivity contribution < 1.29 is 4.79 Å². The van der Waals surface area contributed by atoms with Crippen molar-refractivity contribution in [1.82, 2.24) is 4.90 Å². The van der Waals surface area contributed by atoms with Crippen LogP contribution in [0.3, 0.4) is 0 Å². The summed E-state index contributed by atoms with van der Waals surface area (Å²) < 4.78 is 0.996. The lowest BCUT2D eigenvalue weighted by Gasteiger charge is -2.19. The molecule has 0 bridgehead atoms. The Morgan fingerprint density at radius 1 is 1.11 bits per heavy atom. The fourth-order valence-electron chi connectivity index (χ4n) is 3.05. The fraction of sp³-hybridized carbons (Fsp3) is 0.143. The van der Waals surface area contributed by atoms with Crippen molar-refractivity contribution in [1.29, 1.82) is 0 Å². The molecule has 0 atom stereocenters. The molecule has 2 aromatic rings. The Hall–Kier alpha value is -1.96. The van der Waals surface area contributed by atoms with Crippen molar-refractivity contribution in [2.24, 2.45) is 4.99 Å². The molecule has 1 saturated heterocycles. The van der Waals surface area contributed by atoms with Gasteiger partial charge in [-0.25, -0.2) is 4.99 Å². The number of benzene rings is 2. The number of anilines is 1. The predicted octanol–water partition coefficient (Wildman–Crippen LogP) is 6.00. The van der Waals surface area contributed by atoms with Crippen molar-refractivity contribution >= 4 is 61.9 Å². The number of amidine groups is 1. The normalized spacial score (nSPS) is 20.2. The summed E-state index contributed by atoms with van der Waals surface area (Å²) >= 11 is 6.53. The van der Waals surface area contributed by atoms with E-state index in [-0.39, 0.29) is 5.91 Å². The van der Waals surface area contributed by atoms with E-state index in [4.69, 9.17) is 4.99 Å². The maximum atomic E-state index is 13.2. The monoisotopic (exact) mass is 471 g/mol. The summed E-state index contributed by atoms with van der Waals surface area (Å²) in [7, 11) is 0. The van der Waals surface area contributed by atoms with E-state index in [9.17, 15) is 4.79 Å². The molecule has 2 aliphatic heterocycles. The quantitative estimate of drug-likeness (QED) is 0.404. The van der Waals surface area contributed by atoms with Gasteiger partial charge in [-0.1, -0.05) is 45.9 Å². The van der Waals surface area contributed by atoms with Gasteiger partial charge in [-0.15, -0.1) is 6.58 Å². The number of amides is 1. The Bertz CT molecular complexity index is 1000. The smallest absolute Gasteiger partial charge is 0.269 e. The third kappa shape index (κ3) is 3.54. The maximum Gasteiger partial charge on any atom is 0.269 e. The van der Waals surface area contributed by atoms with E-state index in [1.54, 1.807) is 22.7 Å². The molecule has 2 aromatic carbocycles. The number of fused-ring (bicyclic) bond motifs is 1. The van der Waals surface area contributed by atoms with Gasteiger partial charge in [0.2, 0.25) is 0 Å². The van der Waals surface area contributed by atoms with E-state index in [1.165, 1.54) is 16.7 Å². The highest BCUT2D eigenvalue weighted by Gasteiger charge is 2.39. The molecule has 2 heterocycles. The molecule has 28 heavy (non-hydrogen) atoms. The van der Waals surface area contributed by atoms with Crippen molar-refractivity contribution in [3.05, 3.63) is 75.6 Å². The Morgan fingerprint density at radius 2 is 1.86 bits per heavy atom. The van der Waals surface area contributed by atoms with Gasteiger partial charge in [-0.2, -0.15) is 0 Å². The van der Waals surface area contributed by atoms with Crippen LogP contribution in [-0.4, -0.2) is 29.1 Å². The van der Waals surface area contributed by atoms with Crippen molar-refractivity contribution in [2.75, 3.05) is 18.0 Å². The van der Waals surface area contributed by atoms with Crippen LogP contribution >= 0.6 is 39.5 Å². The zero-order chi connectivity index (χ0) is 19.7. The summed E-state index contributed by atoms with van der Waals surface area (Å²) in [6.45, 7) is 7.14. The van der Waals surface area contributed by atoms with Crippen LogP contribution in [0.15, 0.2) is 85.5 Å². The van der Waals surface area contributed by atoms with E-state index in [2.05, 4.69) is 46.5 Å². The topological polar surface area (TPSA) is 35.9 Å². The van der Waals surface area contributed by atoms with E-state index in [1.807, 2.05) is 36.4 Å². The van der Waals surface area contributed by atoms with Gasteiger partial charge in [0, 0.05) is 22.5 Å². The molecule has 0 aromatic heterocycles. The van der Waals surface area contributed by atoms with Crippen LogP contribution in [0.1, 0.15) is 6.92 Å². The molecule has 0 saturated carbocycles. The molecule has 4 rings (SSSR count). The molecule has 0 N–H and O–H groups in total. The fourth-order valence-corrected chi connectivity index (χ4v) is 5.72. The van der Waals surface area contributed by atoms with Crippen molar-refractivity contribution in [2.45, 2.75) is 11.8 Å². The molecule has 1 amide bonds. The largest absolute Gasteiger partial charge is 0.334 e. The average Bonchev–Trinajstić information content (AvgIpc) is 3.22. The first-order valence-corrected chi connectivity index (χ1v) is 11.3. The summed E-state index contributed by atoms with van der Waals surface area (Å²) in [4.78, 5) is 23.7. The van der Waals surface area contributed by atoms with Gasteiger partial charge in [-0.3, -0.25) is 9.69 Å². The predicted molar refractivity (Wildman–Crippen MR) is 123 cm³/mol. The Morgan fingerprint density at radius 3 is 2.57 bits per heavy atom. The highest BCUT2D eigenvalue weighted by Crippen LogP contribution is 2.50. The number of carbonyl (C=O) groups is 1. The van der Waals surface area contributed by atoms with Crippen molar-refractivity contribution in [3.8, 4) is 0 Å². The maximum absolute atomic E-state index is 13.2. The summed E-state index contributed by atoms with van der Waals surface area (Å²) in [6, 6.07) is 16.0. The summed E-state index contributed by atoms with van der Waals surface area (Å²) in [5, 5.41) is 1.66. The number of hydrogen-bond acceptors (Lipinski definition) is 5. The number of halogens is 1. The number of rotatable bonds is 4. The van der Waals surface area contributed by atoms with Gasteiger partial charge in [0.25, 0.3) is 5.91 Å². The standard InChI is InChI=1S/C21H18BrN3OS2/c1-3-13-25-19(26)18(28-21(25)23-15-11-9-14(22)10-12-15)20-24(4-2)16-7-5-6-8-17(16)27-20/h3,5-12H,1,4,13H2,2H3. The van der Waals surface area contributed by atoms with Crippen LogP contribution in [0, 0.1) is 0 Å². The first-order chi connectivity index (χ1) is 13.6. The molecular weight excluding hydrogens is 454 g/mol. The van der Waals surface area contributed by atoms with Gasteiger partial charge < -0.3 is 4.90 Å². The Labute approximate surface area is 181 Å². The number of nitrogens with zero attached hydrogens (tertiary/aromatic N) is 3. The van der Waals surface area contributed by atoms with E-state index >= 15 is 0 Å². The van der Waals surface area contributed by atoms with Crippen LogP contribution in [0.5, 0.6) is 0 Å². The molecule has 142 valence electrons. The van der Waals surface area contributed by atoms with E-state index in [0.29, 0.717) is 11.7 Å². The van der Waals surface area contributed by atoms with Crippen LogP contribution in [0.4, 0.5) is 11.4 Å². The lowest BCUT2D eigenvalue weighted by Crippen LogP contribution is -2.30. The molecule has 2 aliphatic rings. The Balaban J connectivity index is 1.75. The number of para-hydroxylation sites is 1. The van der Waals surface area contributed by atoms with Crippen LogP contribution in [0.25, 0.3) is 0 Å². The van der Waals surface area contributed by atoms with Gasteiger partial charge >= 0.3 is 0 Å². The molecule has 7 heteroatoms. The third-order valence-electron chi connectivity index (χ3n) is 4.34. The number of hydrogen-bond donors (Lipinski definition) is 0. The molecule has 0 radical (unpaired) electrons. The molecule has 4 nitrogen and oxygen atoms in total. The second kappa shape index (κ2) is 8.19. The highest BCUT2D eigenvalue weighted by atomic mass is 79.9. The lowest BCUT2D eigenvalue weighted by molar-refractivity contribution is -0.121. The lowest BCUT2D eigenvalue weighted by atomic mass is 10.3. The van der Waals surface area contributed by atoms with Crippen LogP contribution in [0.2, 0.25) is 0 Å². The number of carbonyl (C=O) groups excluding carboxylic acids is 1. The van der Waals surface area contributed by atoms with Gasteiger partial charge in [0.15, 0.2) is 5.17 Å². The van der Waals surface area contributed by atoms with Crippen molar-refractivity contribution in [3.63, 3.8) is 0 Å². The van der Waals surface area contributed by atoms with Gasteiger partial charge in [0.1, 0.15) is 9.93 Å². The van der Waals surface area contributed by atoms with E-state index < -0.39 is 0 Å². The zero-order valence-electron chi connectivity index (χ0n) is 15.3. The summed E-state index contributed by atoms with van der Waals surface area (Å²) in [6.07, 6.45) is 1.73. The molecule has 0 aliphatic carbocycles. The second-order valence-electron chi connectivity index (χ2n) is 6.13. The first-order valence-electron chi connectivity index (χ1n) is 8.86.